The summed E-state index contributed by atoms with van der Waals surface area (Å²) < 4.78 is 23.2. The van der Waals surface area contributed by atoms with E-state index >= 15 is 0 Å². The van der Waals surface area contributed by atoms with Gasteiger partial charge in [0.2, 0.25) is 0 Å². The summed E-state index contributed by atoms with van der Waals surface area (Å²) in [6.45, 7) is 1.99. The Bertz CT molecular complexity index is 547. The molecular formula is C14H22N2O2S. The Labute approximate surface area is 115 Å². The van der Waals surface area contributed by atoms with E-state index in [-0.39, 0.29) is 0 Å². The maximum atomic E-state index is 11.6. The molecule has 2 rings (SSSR count). The van der Waals surface area contributed by atoms with Crippen LogP contribution < -0.4 is 11.1 Å². The normalized spacial score (nSPS) is 24.2. The number of hydrogen-bond acceptors (Lipinski definition) is 4. The van der Waals surface area contributed by atoms with Gasteiger partial charge in [-0.25, -0.2) is 8.42 Å². The number of anilines is 1. The minimum atomic E-state index is -3.15. The monoisotopic (exact) mass is 282 g/mol. The maximum Gasteiger partial charge on any atom is 0.175 e. The molecule has 19 heavy (non-hydrogen) atoms. The largest absolute Gasteiger partial charge is 0.382 e. The van der Waals surface area contributed by atoms with Crippen molar-refractivity contribution >= 4 is 15.5 Å². The molecule has 0 saturated heterocycles. The van der Waals surface area contributed by atoms with Gasteiger partial charge in [0, 0.05) is 24.0 Å². The molecule has 1 aromatic carbocycles. The summed E-state index contributed by atoms with van der Waals surface area (Å²) in [4.78, 5) is 0.369. The summed E-state index contributed by atoms with van der Waals surface area (Å²) >= 11 is 0. The van der Waals surface area contributed by atoms with E-state index < -0.39 is 9.84 Å². The van der Waals surface area contributed by atoms with Crippen LogP contribution in [-0.2, 0) is 9.84 Å². The van der Waals surface area contributed by atoms with Crippen LogP contribution in [0.1, 0.15) is 31.2 Å². The molecule has 0 amide bonds. The van der Waals surface area contributed by atoms with Crippen LogP contribution >= 0.6 is 0 Å². The Balaban J connectivity index is 2.16. The van der Waals surface area contributed by atoms with Gasteiger partial charge in [-0.05, 0) is 50.3 Å². The number of nitrogens with one attached hydrogen (secondary N) is 1. The highest BCUT2D eigenvalue weighted by Gasteiger charge is 2.19. The Hall–Kier alpha value is -1.07. The van der Waals surface area contributed by atoms with Crippen molar-refractivity contribution in [3.8, 4) is 0 Å². The predicted molar refractivity (Wildman–Crippen MR) is 78.1 cm³/mol. The van der Waals surface area contributed by atoms with Gasteiger partial charge in [0.15, 0.2) is 9.84 Å². The third-order valence-electron chi connectivity index (χ3n) is 3.77. The zero-order valence-corrected chi connectivity index (χ0v) is 12.3. The summed E-state index contributed by atoms with van der Waals surface area (Å²) in [7, 11) is -3.15. The molecule has 106 valence electrons. The molecule has 1 aliphatic carbocycles. The van der Waals surface area contributed by atoms with Gasteiger partial charge in [-0.15, -0.1) is 0 Å². The van der Waals surface area contributed by atoms with Crippen molar-refractivity contribution in [1.82, 2.24) is 0 Å². The van der Waals surface area contributed by atoms with Crippen LogP contribution in [0, 0.1) is 6.92 Å². The van der Waals surface area contributed by atoms with E-state index in [1.807, 2.05) is 13.0 Å². The van der Waals surface area contributed by atoms with Crippen LogP contribution in [0.3, 0.4) is 0 Å². The minimum Gasteiger partial charge on any atom is -0.382 e. The van der Waals surface area contributed by atoms with E-state index in [2.05, 4.69) is 5.32 Å². The van der Waals surface area contributed by atoms with E-state index in [9.17, 15) is 8.42 Å². The highest BCUT2D eigenvalue weighted by molar-refractivity contribution is 7.90. The maximum absolute atomic E-state index is 11.6. The van der Waals surface area contributed by atoms with Crippen LogP contribution in [0.2, 0.25) is 0 Å². The van der Waals surface area contributed by atoms with Crippen molar-refractivity contribution in [3.05, 3.63) is 23.8 Å². The second-order valence-corrected chi connectivity index (χ2v) is 7.52. The molecule has 0 aromatic heterocycles. The zero-order valence-electron chi connectivity index (χ0n) is 11.5. The Kier molecular flexibility index (Phi) is 4.16. The van der Waals surface area contributed by atoms with Crippen molar-refractivity contribution in [1.29, 1.82) is 0 Å². The number of aryl methyl sites for hydroxylation is 1. The molecule has 0 heterocycles. The fourth-order valence-corrected chi connectivity index (χ4v) is 3.12. The average molecular weight is 282 g/mol. The van der Waals surface area contributed by atoms with Gasteiger partial charge in [-0.1, -0.05) is 6.07 Å². The second kappa shape index (κ2) is 5.51. The summed E-state index contributed by atoms with van der Waals surface area (Å²) in [5.74, 6) is 0. The quantitative estimate of drug-likeness (QED) is 0.890. The molecule has 0 aliphatic heterocycles. The fourth-order valence-electron chi connectivity index (χ4n) is 2.47. The number of benzene rings is 1. The predicted octanol–water partition coefficient (Wildman–Crippen LogP) is 2.08. The van der Waals surface area contributed by atoms with E-state index in [0.717, 1.165) is 36.9 Å². The lowest BCUT2D eigenvalue weighted by molar-refractivity contribution is 0.411. The van der Waals surface area contributed by atoms with E-state index in [1.165, 1.54) is 6.26 Å². The highest BCUT2D eigenvalue weighted by Crippen LogP contribution is 2.25. The van der Waals surface area contributed by atoms with Gasteiger partial charge >= 0.3 is 0 Å². The molecule has 5 heteroatoms. The molecule has 1 aromatic rings. The molecule has 3 N–H and O–H groups in total. The van der Waals surface area contributed by atoms with Crippen molar-refractivity contribution in [3.63, 3.8) is 0 Å². The summed E-state index contributed by atoms with van der Waals surface area (Å²) in [5, 5.41) is 3.46. The molecule has 0 unspecified atom stereocenters. The lowest BCUT2D eigenvalue weighted by atomic mass is 9.91. The lowest BCUT2D eigenvalue weighted by Gasteiger charge is -2.28. The van der Waals surface area contributed by atoms with Crippen molar-refractivity contribution in [2.75, 3.05) is 11.6 Å². The number of hydrogen-bond donors (Lipinski definition) is 2. The molecule has 1 aliphatic rings. The first-order valence-electron chi connectivity index (χ1n) is 6.69. The average Bonchev–Trinajstić information content (AvgIpc) is 2.33. The lowest BCUT2D eigenvalue weighted by Crippen LogP contribution is -2.33. The first-order chi connectivity index (χ1) is 8.86. The standard InChI is InChI=1S/C14H22N2O2S/c1-10-3-8-13(19(2,17)18)9-14(10)16-12-6-4-11(15)5-7-12/h3,8-9,11-12,16H,4-7,15H2,1-2H3. The van der Waals surface area contributed by atoms with E-state index in [4.69, 9.17) is 5.73 Å². The van der Waals surface area contributed by atoms with Gasteiger partial charge < -0.3 is 11.1 Å². The molecule has 0 radical (unpaired) electrons. The van der Waals surface area contributed by atoms with E-state index in [0.29, 0.717) is 17.0 Å². The first kappa shape index (κ1) is 14.3. The van der Waals surface area contributed by atoms with Gasteiger partial charge in [-0.3, -0.25) is 0 Å². The Morgan fingerprint density at radius 2 is 1.84 bits per heavy atom. The topological polar surface area (TPSA) is 72.2 Å². The zero-order chi connectivity index (χ0) is 14.0. The molecule has 1 saturated carbocycles. The summed E-state index contributed by atoms with van der Waals surface area (Å²) in [5.41, 5.74) is 7.89. The highest BCUT2D eigenvalue weighted by atomic mass is 32.2. The van der Waals surface area contributed by atoms with Gasteiger partial charge in [0.05, 0.1) is 4.90 Å². The van der Waals surface area contributed by atoms with Crippen molar-refractivity contribution in [2.45, 2.75) is 49.6 Å². The minimum absolute atomic E-state index is 0.321. The van der Waals surface area contributed by atoms with Gasteiger partial charge in [0.1, 0.15) is 0 Å². The Morgan fingerprint density at radius 3 is 2.42 bits per heavy atom. The number of nitrogens with two attached hydrogens (primary N) is 1. The van der Waals surface area contributed by atoms with Gasteiger partial charge in [-0.2, -0.15) is 0 Å². The smallest absolute Gasteiger partial charge is 0.175 e. The SMILES string of the molecule is Cc1ccc(S(C)(=O)=O)cc1NC1CCC(N)CC1. The molecular weight excluding hydrogens is 260 g/mol. The van der Waals surface area contributed by atoms with Crippen molar-refractivity contribution < 1.29 is 8.42 Å². The second-order valence-electron chi connectivity index (χ2n) is 5.50. The molecule has 0 atom stereocenters. The number of rotatable bonds is 3. The number of sulfone groups is 1. The summed E-state index contributed by atoms with van der Waals surface area (Å²) in [6.07, 6.45) is 5.39. The van der Waals surface area contributed by atoms with Crippen LogP contribution in [-0.4, -0.2) is 26.8 Å². The molecule has 4 nitrogen and oxygen atoms in total. The third-order valence-corrected chi connectivity index (χ3v) is 4.88. The third kappa shape index (κ3) is 3.70. The van der Waals surface area contributed by atoms with E-state index in [1.54, 1.807) is 12.1 Å². The van der Waals surface area contributed by atoms with Crippen molar-refractivity contribution in [2.24, 2.45) is 5.73 Å². The van der Waals surface area contributed by atoms with Crippen LogP contribution in [0.5, 0.6) is 0 Å². The van der Waals surface area contributed by atoms with Crippen LogP contribution in [0.15, 0.2) is 23.1 Å². The van der Waals surface area contributed by atoms with Crippen LogP contribution in [0.4, 0.5) is 5.69 Å². The first-order valence-corrected chi connectivity index (χ1v) is 8.58. The molecule has 0 bridgehead atoms. The molecule has 0 spiro atoms. The summed E-state index contributed by atoms with van der Waals surface area (Å²) in [6, 6.07) is 5.97. The Morgan fingerprint density at radius 1 is 1.21 bits per heavy atom. The van der Waals surface area contributed by atoms with Crippen LogP contribution in [0.25, 0.3) is 0 Å². The molecule has 1 fully saturated rings. The van der Waals surface area contributed by atoms with Gasteiger partial charge in [0.25, 0.3) is 0 Å². The fraction of sp³-hybridized carbons (Fsp3) is 0.571.